The lowest BCUT2D eigenvalue weighted by molar-refractivity contribution is -0.184. The molecule has 0 heterocycles. The smallest absolute Gasteiger partial charge is 0.340 e. The molecule has 0 radical (unpaired) electrons. The number of unbranched alkanes of at least 4 members (excludes halogenated alkanes) is 4. The van der Waals surface area contributed by atoms with Crippen molar-refractivity contribution in [1.29, 1.82) is 0 Å². The van der Waals surface area contributed by atoms with Crippen LogP contribution in [0.15, 0.2) is 0 Å². The third kappa shape index (κ3) is 17.1. The number of ether oxygens (including phenoxy) is 3. The van der Waals surface area contributed by atoms with Gasteiger partial charge in [0.15, 0.2) is 0 Å². The molecule has 0 aliphatic carbocycles. The molecule has 0 bridgehead atoms. The van der Waals surface area contributed by atoms with Gasteiger partial charge in [-0.1, -0.05) is 12.8 Å². The molecule has 0 aromatic rings. The molecule has 0 fully saturated rings. The lowest BCUT2D eigenvalue weighted by Crippen LogP contribution is -2.72. The Kier molecular flexibility index (Phi) is 17.1. The van der Waals surface area contributed by atoms with Crippen LogP contribution in [-0.4, -0.2) is 85.6 Å². The van der Waals surface area contributed by atoms with E-state index in [0.717, 1.165) is 45.4 Å². The lowest BCUT2D eigenvalue weighted by atomic mass is 9.89. The summed E-state index contributed by atoms with van der Waals surface area (Å²) in [6.45, 7) is 19.7. The standard InChI is InChI=1S/C29H59N5O6/c1-26(2,3)38-23(35)22(29(31,24(36)39-27(4,5)6)25(37)40-28(7,8)9)34-20-15-14-19-32-17-12-10-11-13-18-33-21-16-30/h22,32-34H,10-21,30-31H2,1-9H3. The molecule has 11 heteroatoms. The fraction of sp³-hybridized carbons (Fsp3) is 0.897. The van der Waals surface area contributed by atoms with Crippen LogP contribution >= 0.6 is 0 Å². The molecule has 7 N–H and O–H groups in total. The number of carbonyl (C=O) groups is 3. The number of nitrogens with two attached hydrogens (primary N) is 2. The number of rotatable bonds is 19. The third-order valence-corrected chi connectivity index (χ3v) is 5.48. The van der Waals surface area contributed by atoms with Gasteiger partial charge in [0.1, 0.15) is 22.8 Å². The highest BCUT2D eigenvalue weighted by molar-refractivity contribution is 6.10. The average Bonchev–Trinajstić information content (AvgIpc) is 2.77. The minimum absolute atomic E-state index is 0.325. The van der Waals surface area contributed by atoms with E-state index in [0.29, 0.717) is 19.5 Å². The Labute approximate surface area is 242 Å². The Balaban J connectivity index is 5.20. The highest BCUT2D eigenvalue weighted by atomic mass is 16.6. The van der Waals surface area contributed by atoms with Gasteiger partial charge in [-0.05, 0) is 114 Å². The Morgan fingerprint density at radius 1 is 0.600 bits per heavy atom. The molecule has 0 aliphatic heterocycles. The minimum atomic E-state index is -2.46. The van der Waals surface area contributed by atoms with Crippen LogP contribution in [0, 0.1) is 0 Å². The van der Waals surface area contributed by atoms with Crippen LogP contribution in [0.5, 0.6) is 0 Å². The topological polar surface area (TPSA) is 167 Å². The van der Waals surface area contributed by atoms with Crippen LogP contribution < -0.4 is 27.4 Å². The van der Waals surface area contributed by atoms with Crippen LogP contribution in [0.2, 0.25) is 0 Å². The predicted octanol–water partition coefficient (Wildman–Crippen LogP) is 2.15. The van der Waals surface area contributed by atoms with Gasteiger partial charge in [0, 0.05) is 13.1 Å². The summed E-state index contributed by atoms with van der Waals surface area (Å²) in [5, 5.41) is 9.74. The van der Waals surface area contributed by atoms with Crippen LogP contribution in [0.1, 0.15) is 101 Å². The van der Waals surface area contributed by atoms with E-state index in [4.69, 9.17) is 25.7 Å². The van der Waals surface area contributed by atoms with E-state index >= 15 is 0 Å². The summed E-state index contributed by atoms with van der Waals surface area (Å²) in [5.41, 5.74) is 6.72. The van der Waals surface area contributed by atoms with Crippen molar-refractivity contribution >= 4 is 17.9 Å². The van der Waals surface area contributed by atoms with Gasteiger partial charge in [0.05, 0.1) is 0 Å². The first kappa shape index (κ1) is 38.2. The lowest BCUT2D eigenvalue weighted by Gasteiger charge is -2.37. The second-order valence-electron chi connectivity index (χ2n) is 13.2. The number of hydrogen-bond acceptors (Lipinski definition) is 11. The summed E-state index contributed by atoms with van der Waals surface area (Å²) >= 11 is 0. The molecule has 0 aromatic carbocycles. The van der Waals surface area contributed by atoms with Crippen molar-refractivity contribution in [3.63, 3.8) is 0 Å². The summed E-state index contributed by atoms with van der Waals surface area (Å²) in [4.78, 5) is 40.0. The van der Waals surface area contributed by atoms with E-state index in [1.807, 2.05) is 0 Å². The van der Waals surface area contributed by atoms with Crippen molar-refractivity contribution in [2.24, 2.45) is 11.5 Å². The van der Waals surface area contributed by atoms with E-state index in [2.05, 4.69) is 16.0 Å². The Morgan fingerprint density at radius 2 is 0.975 bits per heavy atom. The summed E-state index contributed by atoms with van der Waals surface area (Å²) in [6.07, 6.45) is 6.12. The molecule has 0 amide bonds. The summed E-state index contributed by atoms with van der Waals surface area (Å²) in [7, 11) is 0. The van der Waals surface area contributed by atoms with E-state index in [1.54, 1.807) is 62.3 Å². The molecule has 236 valence electrons. The van der Waals surface area contributed by atoms with Gasteiger partial charge in [0.2, 0.25) is 5.54 Å². The largest absolute Gasteiger partial charge is 0.459 e. The predicted molar refractivity (Wildman–Crippen MR) is 159 cm³/mol. The summed E-state index contributed by atoms with van der Waals surface area (Å²) in [5.74, 6) is -2.95. The first-order valence-corrected chi connectivity index (χ1v) is 14.7. The first-order valence-electron chi connectivity index (χ1n) is 14.7. The van der Waals surface area contributed by atoms with E-state index < -0.39 is 46.3 Å². The number of carbonyl (C=O) groups excluding carboxylic acids is 3. The summed E-state index contributed by atoms with van der Waals surface area (Å²) in [6, 6.07) is -1.51. The zero-order valence-electron chi connectivity index (χ0n) is 26.7. The van der Waals surface area contributed by atoms with Crippen LogP contribution in [0.25, 0.3) is 0 Å². The molecular formula is C29H59N5O6. The van der Waals surface area contributed by atoms with E-state index in [1.165, 1.54) is 12.8 Å². The molecule has 0 saturated heterocycles. The number of hydrogen-bond donors (Lipinski definition) is 5. The van der Waals surface area contributed by atoms with Crippen molar-refractivity contribution in [2.75, 3.05) is 39.3 Å². The normalized spacial score (nSPS) is 13.6. The van der Waals surface area contributed by atoms with Crippen LogP contribution in [0.4, 0.5) is 0 Å². The zero-order chi connectivity index (χ0) is 31.0. The Bertz CT molecular complexity index is 727. The Morgan fingerprint density at radius 3 is 1.38 bits per heavy atom. The van der Waals surface area contributed by atoms with Gasteiger partial charge in [-0.25, -0.2) is 9.59 Å². The first-order chi connectivity index (χ1) is 18.3. The van der Waals surface area contributed by atoms with E-state index in [9.17, 15) is 14.4 Å². The maximum atomic E-state index is 13.4. The monoisotopic (exact) mass is 573 g/mol. The summed E-state index contributed by atoms with van der Waals surface area (Å²) < 4.78 is 16.5. The van der Waals surface area contributed by atoms with Crippen molar-refractivity contribution in [3.8, 4) is 0 Å². The minimum Gasteiger partial charge on any atom is -0.459 e. The highest BCUT2D eigenvalue weighted by Crippen LogP contribution is 2.23. The van der Waals surface area contributed by atoms with Crippen LogP contribution in [0.3, 0.4) is 0 Å². The highest BCUT2D eigenvalue weighted by Gasteiger charge is 2.57. The molecule has 1 unspecified atom stereocenters. The molecule has 40 heavy (non-hydrogen) atoms. The Hall–Kier alpha value is -1.79. The van der Waals surface area contributed by atoms with Crippen molar-refractivity contribution < 1.29 is 28.6 Å². The third-order valence-electron chi connectivity index (χ3n) is 5.48. The SMILES string of the molecule is CC(C)(C)OC(=O)C(NCCCCNCCCCCCNCCN)C(N)(C(=O)OC(C)(C)C)C(=O)OC(C)(C)C. The molecule has 0 aliphatic rings. The number of esters is 3. The van der Waals surface area contributed by atoms with Crippen molar-refractivity contribution in [1.82, 2.24) is 16.0 Å². The average molecular weight is 574 g/mol. The van der Waals surface area contributed by atoms with Crippen LogP contribution in [-0.2, 0) is 28.6 Å². The fourth-order valence-electron chi connectivity index (χ4n) is 3.66. The second kappa shape index (κ2) is 17.9. The number of nitrogens with one attached hydrogen (secondary N) is 3. The second-order valence-corrected chi connectivity index (χ2v) is 13.2. The zero-order valence-corrected chi connectivity index (χ0v) is 26.7. The maximum absolute atomic E-state index is 13.4. The molecule has 0 saturated carbocycles. The fourth-order valence-corrected chi connectivity index (χ4v) is 3.66. The van der Waals surface area contributed by atoms with Gasteiger partial charge < -0.3 is 41.6 Å². The maximum Gasteiger partial charge on any atom is 0.340 e. The molecule has 11 nitrogen and oxygen atoms in total. The van der Waals surface area contributed by atoms with Gasteiger partial charge in [-0.3, -0.25) is 4.79 Å². The molecule has 0 aromatic heterocycles. The van der Waals surface area contributed by atoms with Crippen molar-refractivity contribution in [2.45, 2.75) is 129 Å². The van der Waals surface area contributed by atoms with Gasteiger partial charge in [-0.2, -0.15) is 0 Å². The van der Waals surface area contributed by atoms with Gasteiger partial charge in [0.25, 0.3) is 0 Å². The van der Waals surface area contributed by atoms with Crippen molar-refractivity contribution in [3.05, 3.63) is 0 Å². The molecule has 1 atom stereocenters. The van der Waals surface area contributed by atoms with E-state index in [-0.39, 0.29) is 0 Å². The quantitative estimate of drug-likeness (QED) is 0.0665. The molecule has 0 spiro atoms. The van der Waals surface area contributed by atoms with Gasteiger partial charge >= 0.3 is 17.9 Å². The molecule has 0 rings (SSSR count). The molecular weight excluding hydrogens is 514 g/mol. The van der Waals surface area contributed by atoms with Gasteiger partial charge in [-0.15, -0.1) is 0 Å².